The van der Waals surface area contributed by atoms with Crippen LogP contribution in [0.1, 0.15) is 27.0 Å². The number of hydrogen-bond donors (Lipinski definition) is 1. The van der Waals surface area contributed by atoms with Crippen molar-refractivity contribution in [3.05, 3.63) is 52.8 Å². The van der Waals surface area contributed by atoms with Crippen molar-refractivity contribution >= 4 is 5.97 Å². The number of benzene rings is 1. The summed E-state index contributed by atoms with van der Waals surface area (Å²) < 4.78 is 1.85. The van der Waals surface area contributed by atoms with Crippen LogP contribution in [0.3, 0.4) is 0 Å². The summed E-state index contributed by atoms with van der Waals surface area (Å²) in [5.41, 5.74) is 3.49. The third kappa shape index (κ3) is 2.53. The van der Waals surface area contributed by atoms with E-state index in [1.807, 2.05) is 30.8 Å². The third-order valence-electron chi connectivity index (χ3n) is 2.68. The highest BCUT2D eigenvalue weighted by Gasteiger charge is 2.06. The molecule has 17 heavy (non-hydrogen) atoms. The molecule has 2 aromatic rings. The number of rotatable bonds is 3. The Hall–Kier alpha value is -2.10. The first-order chi connectivity index (χ1) is 8.06. The minimum atomic E-state index is -0.894. The fourth-order valence-corrected chi connectivity index (χ4v) is 1.73. The lowest BCUT2D eigenvalue weighted by Gasteiger charge is -2.07. The average Bonchev–Trinajstić information content (AvgIpc) is 2.67. The van der Waals surface area contributed by atoms with Crippen LogP contribution in [-0.4, -0.2) is 20.9 Å². The molecule has 1 N–H and O–H groups in total. The smallest absolute Gasteiger partial charge is 0.335 e. The van der Waals surface area contributed by atoms with Crippen molar-refractivity contribution in [1.29, 1.82) is 0 Å². The molecule has 0 saturated carbocycles. The normalized spacial score (nSPS) is 10.5. The average molecular weight is 230 g/mol. The van der Waals surface area contributed by atoms with Crippen molar-refractivity contribution in [2.75, 3.05) is 0 Å². The van der Waals surface area contributed by atoms with Gasteiger partial charge < -0.3 is 5.11 Å². The Morgan fingerprint density at radius 1 is 1.41 bits per heavy atom. The highest BCUT2D eigenvalue weighted by Crippen LogP contribution is 2.12. The van der Waals surface area contributed by atoms with Crippen molar-refractivity contribution in [3.8, 4) is 0 Å². The summed E-state index contributed by atoms with van der Waals surface area (Å²) in [5, 5.41) is 13.1. The van der Waals surface area contributed by atoms with Gasteiger partial charge in [-0.25, -0.2) is 4.79 Å². The fourth-order valence-electron chi connectivity index (χ4n) is 1.73. The second-order valence-corrected chi connectivity index (χ2v) is 4.16. The molecule has 0 bridgehead atoms. The molecule has 0 spiro atoms. The zero-order chi connectivity index (χ0) is 12.4. The van der Waals surface area contributed by atoms with Crippen LogP contribution in [0.4, 0.5) is 0 Å². The molecule has 0 radical (unpaired) electrons. The van der Waals surface area contributed by atoms with Crippen molar-refractivity contribution in [1.82, 2.24) is 9.78 Å². The monoisotopic (exact) mass is 230 g/mol. The Kier molecular flexibility index (Phi) is 2.95. The van der Waals surface area contributed by atoms with Gasteiger partial charge >= 0.3 is 5.97 Å². The van der Waals surface area contributed by atoms with Crippen LogP contribution in [0, 0.1) is 13.8 Å². The van der Waals surface area contributed by atoms with E-state index in [1.165, 1.54) is 0 Å². The number of carbonyl (C=O) groups is 1. The number of carboxylic acids is 1. The first-order valence-electron chi connectivity index (χ1n) is 5.38. The Bertz CT molecular complexity index is 558. The van der Waals surface area contributed by atoms with Crippen molar-refractivity contribution < 1.29 is 9.90 Å². The lowest BCUT2D eigenvalue weighted by atomic mass is 10.1. The van der Waals surface area contributed by atoms with E-state index < -0.39 is 5.97 Å². The molecular weight excluding hydrogens is 216 g/mol. The maximum atomic E-state index is 10.8. The molecular formula is C13H14N2O2. The van der Waals surface area contributed by atoms with Crippen LogP contribution < -0.4 is 0 Å². The predicted molar refractivity (Wildman–Crippen MR) is 64.2 cm³/mol. The molecule has 88 valence electrons. The van der Waals surface area contributed by atoms with Crippen LogP contribution in [0.2, 0.25) is 0 Å². The Morgan fingerprint density at radius 2 is 2.18 bits per heavy atom. The van der Waals surface area contributed by atoms with E-state index in [9.17, 15) is 4.79 Å². The quantitative estimate of drug-likeness (QED) is 0.879. The molecule has 0 unspecified atom stereocenters. The Labute approximate surface area is 99.5 Å². The number of hydrogen-bond acceptors (Lipinski definition) is 2. The summed E-state index contributed by atoms with van der Waals surface area (Å²) in [7, 11) is 0. The molecule has 4 nitrogen and oxygen atoms in total. The van der Waals surface area contributed by atoms with Crippen LogP contribution in [0.25, 0.3) is 0 Å². The van der Waals surface area contributed by atoms with Gasteiger partial charge in [-0.2, -0.15) is 5.10 Å². The minimum Gasteiger partial charge on any atom is -0.478 e. The maximum Gasteiger partial charge on any atom is 0.335 e. The van der Waals surface area contributed by atoms with E-state index in [4.69, 9.17) is 5.11 Å². The molecule has 1 aromatic heterocycles. The molecule has 0 aliphatic rings. The summed E-state index contributed by atoms with van der Waals surface area (Å²) >= 11 is 0. The SMILES string of the molecule is Cc1cnn(Cc2ccc(C(=O)O)cc2C)c1. The number of aromatic carboxylic acids is 1. The molecule has 4 heteroatoms. The highest BCUT2D eigenvalue weighted by atomic mass is 16.4. The number of aryl methyl sites for hydroxylation is 2. The van der Waals surface area contributed by atoms with E-state index in [-0.39, 0.29) is 0 Å². The molecule has 0 aliphatic carbocycles. The number of aromatic nitrogens is 2. The van der Waals surface area contributed by atoms with Gasteiger partial charge in [-0.15, -0.1) is 0 Å². The summed E-state index contributed by atoms with van der Waals surface area (Å²) in [6.45, 7) is 4.57. The van der Waals surface area contributed by atoms with E-state index in [0.717, 1.165) is 16.7 Å². The Balaban J connectivity index is 2.25. The zero-order valence-corrected chi connectivity index (χ0v) is 9.84. The van der Waals surface area contributed by atoms with Gasteiger partial charge in [0.25, 0.3) is 0 Å². The lowest BCUT2D eigenvalue weighted by Crippen LogP contribution is -2.04. The summed E-state index contributed by atoms with van der Waals surface area (Å²) in [6.07, 6.45) is 3.77. The van der Waals surface area contributed by atoms with E-state index in [1.54, 1.807) is 18.3 Å². The summed E-state index contributed by atoms with van der Waals surface area (Å²) in [4.78, 5) is 10.8. The molecule has 1 heterocycles. The van der Waals surface area contributed by atoms with Gasteiger partial charge in [-0.05, 0) is 42.7 Å². The maximum absolute atomic E-state index is 10.8. The number of nitrogens with zero attached hydrogens (tertiary/aromatic N) is 2. The summed E-state index contributed by atoms with van der Waals surface area (Å²) in [5.74, 6) is -0.894. The third-order valence-corrected chi connectivity index (χ3v) is 2.68. The van der Waals surface area contributed by atoms with Crippen LogP contribution in [0.5, 0.6) is 0 Å². The topological polar surface area (TPSA) is 55.1 Å². The highest BCUT2D eigenvalue weighted by molar-refractivity contribution is 5.87. The first kappa shape index (κ1) is 11.4. The largest absolute Gasteiger partial charge is 0.478 e. The fraction of sp³-hybridized carbons (Fsp3) is 0.231. The van der Waals surface area contributed by atoms with Gasteiger partial charge in [0.15, 0.2) is 0 Å². The zero-order valence-electron chi connectivity index (χ0n) is 9.84. The second-order valence-electron chi connectivity index (χ2n) is 4.16. The van der Waals surface area contributed by atoms with E-state index >= 15 is 0 Å². The van der Waals surface area contributed by atoms with Gasteiger partial charge in [0.2, 0.25) is 0 Å². The molecule has 0 atom stereocenters. The predicted octanol–water partition coefficient (Wildman–Crippen LogP) is 2.25. The molecule has 0 amide bonds. The van der Waals surface area contributed by atoms with Gasteiger partial charge in [-0.1, -0.05) is 6.07 Å². The van der Waals surface area contributed by atoms with Gasteiger partial charge in [-0.3, -0.25) is 4.68 Å². The van der Waals surface area contributed by atoms with Crippen LogP contribution in [-0.2, 0) is 6.54 Å². The Morgan fingerprint density at radius 3 is 2.71 bits per heavy atom. The number of carboxylic acid groups (broad SMARTS) is 1. The first-order valence-corrected chi connectivity index (χ1v) is 5.38. The van der Waals surface area contributed by atoms with Gasteiger partial charge in [0, 0.05) is 6.20 Å². The van der Waals surface area contributed by atoms with Crippen LogP contribution >= 0.6 is 0 Å². The van der Waals surface area contributed by atoms with Crippen molar-refractivity contribution in [2.45, 2.75) is 20.4 Å². The molecule has 0 fully saturated rings. The van der Waals surface area contributed by atoms with Crippen LogP contribution in [0.15, 0.2) is 30.6 Å². The molecule has 0 saturated heterocycles. The second kappa shape index (κ2) is 4.41. The molecule has 0 aliphatic heterocycles. The van der Waals surface area contributed by atoms with E-state index in [0.29, 0.717) is 12.1 Å². The lowest BCUT2D eigenvalue weighted by molar-refractivity contribution is 0.0697. The van der Waals surface area contributed by atoms with E-state index in [2.05, 4.69) is 5.10 Å². The molecule has 1 aromatic carbocycles. The van der Waals surface area contributed by atoms with Crippen molar-refractivity contribution in [2.24, 2.45) is 0 Å². The van der Waals surface area contributed by atoms with Gasteiger partial charge in [0.1, 0.15) is 0 Å². The molecule has 2 rings (SSSR count). The van der Waals surface area contributed by atoms with Gasteiger partial charge in [0.05, 0.1) is 18.3 Å². The van der Waals surface area contributed by atoms with Crippen molar-refractivity contribution in [3.63, 3.8) is 0 Å². The summed E-state index contributed by atoms with van der Waals surface area (Å²) in [6, 6.07) is 5.16. The minimum absolute atomic E-state index is 0.322. The standard InChI is InChI=1S/C13H14N2O2/c1-9-6-14-15(7-9)8-12-4-3-11(13(16)17)5-10(12)2/h3-7H,8H2,1-2H3,(H,16,17).